The Morgan fingerprint density at radius 2 is 0.950 bits per heavy atom. The van der Waals surface area contributed by atoms with Gasteiger partial charge in [0.15, 0.2) is 0 Å². The highest BCUT2D eigenvalue weighted by molar-refractivity contribution is 7.26. The molecule has 0 atom stereocenters. The van der Waals surface area contributed by atoms with Crippen LogP contribution in [0.3, 0.4) is 0 Å². The number of thiophene rings is 2. The Bertz CT molecular complexity index is 2290. The van der Waals surface area contributed by atoms with E-state index in [1.165, 1.54) is 62.6 Å². The highest BCUT2D eigenvalue weighted by atomic mass is 32.1. The average molecular weight is 544 g/mol. The van der Waals surface area contributed by atoms with E-state index in [1.807, 2.05) is 40.9 Å². The average Bonchev–Trinajstić information content (AvgIpc) is 3.58. The molecule has 0 saturated heterocycles. The minimum atomic E-state index is 0.670. The zero-order valence-electron chi connectivity index (χ0n) is 21.4. The highest BCUT2D eigenvalue weighted by Gasteiger charge is 2.14. The highest BCUT2D eigenvalue weighted by Crippen LogP contribution is 2.42. The molecule has 2 heterocycles. The molecule has 0 radical (unpaired) electrons. The van der Waals surface area contributed by atoms with Gasteiger partial charge in [-0.15, -0.1) is 22.7 Å². The number of nitriles is 1. The van der Waals surface area contributed by atoms with Crippen molar-refractivity contribution in [2.75, 3.05) is 0 Å². The number of fused-ring (bicyclic) bond motifs is 6. The Morgan fingerprint density at radius 3 is 1.60 bits per heavy atom. The van der Waals surface area contributed by atoms with Crippen LogP contribution < -0.4 is 0 Å². The summed E-state index contributed by atoms with van der Waals surface area (Å²) in [4.78, 5) is 0. The maximum absolute atomic E-state index is 9.50. The van der Waals surface area contributed by atoms with Gasteiger partial charge in [0.1, 0.15) is 0 Å². The molecule has 0 fully saturated rings. The standard InChI is InChI=1S/C37H21NS2/c38-22-23-6-5-7-24(18-23)25-12-15-28(26-13-16-36-32(20-26)29-8-1-3-10-34(29)39-36)31(19-25)27-14-17-37-33(21-27)30-9-2-4-11-35(30)40-37/h1-21H. The first-order chi connectivity index (χ1) is 19.7. The van der Waals surface area contributed by atoms with Crippen LogP contribution in [0.5, 0.6) is 0 Å². The van der Waals surface area contributed by atoms with Gasteiger partial charge in [-0.2, -0.15) is 5.26 Å². The van der Waals surface area contributed by atoms with Crippen LogP contribution in [0.25, 0.3) is 73.7 Å². The van der Waals surface area contributed by atoms with E-state index >= 15 is 0 Å². The predicted octanol–water partition coefficient (Wildman–Crippen LogP) is 11.3. The lowest BCUT2D eigenvalue weighted by Crippen LogP contribution is -1.88. The van der Waals surface area contributed by atoms with E-state index in [9.17, 15) is 5.26 Å². The zero-order valence-corrected chi connectivity index (χ0v) is 23.0. The van der Waals surface area contributed by atoms with Gasteiger partial charge < -0.3 is 0 Å². The molecule has 186 valence electrons. The van der Waals surface area contributed by atoms with Gasteiger partial charge in [0.25, 0.3) is 0 Å². The summed E-state index contributed by atoms with van der Waals surface area (Å²) >= 11 is 3.69. The minimum Gasteiger partial charge on any atom is -0.192 e. The normalized spacial score (nSPS) is 11.5. The Labute approximate surface area is 239 Å². The van der Waals surface area contributed by atoms with E-state index in [0.717, 1.165) is 11.1 Å². The van der Waals surface area contributed by atoms with Crippen molar-refractivity contribution >= 4 is 63.0 Å². The largest absolute Gasteiger partial charge is 0.192 e. The molecule has 0 N–H and O–H groups in total. The van der Waals surface area contributed by atoms with Crippen LogP contribution in [0, 0.1) is 11.3 Å². The first-order valence-corrected chi connectivity index (χ1v) is 14.9. The summed E-state index contributed by atoms with van der Waals surface area (Å²) in [7, 11) is 0. The maximum Gasteiger partial charge on any atom is 0.0991 e. The third kappa shape index (κ3) is 3.73. The topological polar surface area (TPSA) is 23.8 Å². The Kier molecular flexibility index (Phi) is 5.31. The van der Waals surface area contributed by atoms with Crippen LogP contribution in [0.1, 0.15) is 5.56 Å². The zero-order chi connectivity index (χ0) is 26.6. The van der Waals surface area contributed by atoms with Gasteiger partial charge in [0, 0.05) is 40.3 Å². The molecular weight excluding hydrogens is 523 g/mol. The second-order valence-corrected chi connectivity index (χ2v) is 12.2. The number of hydrogen-bond acceptors (Lipinski definition) is 3. The summed E-state index contributed by atoms with van der Waals surface area (Å²) in [6.07, 6.45) is 0. The maximum atomic E-state index is 9.50. The lowest BCUT2D eigenvalue weighted by atomic mass is 9.90. The third-order valence-electron chi connectivity index (χ3n) is 7.72. The second-order valence-electron chi connectivity index (χ2n) is 10.1. The molecule has 0 bridgehead atoms. The summed E-state index contributed by atoms with van der Waals surface area (Å²) in [5, 5.41) is 14.7. The Hall–Kier alpha value is -4.75. The molecule has 6 aromatic carbocycles. The van der Waals surface area contributed by atoms with Crippen LogP contribution in [0.4, 0.5) is 0 Å². The molecule has 3 heteroatoms. The van der Waals surface area contributed by atoms with Crippen molar-refractivity contribution in [2.45, 2.75) is 0 Å². The minimum absolute atomic E-state index is 0.670. The lowest BCUT2D eigenvalue weighted by Gasteiger charge is -2.14. The summed E-state index contributed by atoms with van der Waals surface area (Å²) in [5.41, 5.74) is 7.62. The molecule has 8 rings (SSSR count). The molecule has 0 aliphatic heterocycles. The first-order valence-electron chi connectivity index (χ1n) is 13.2. The van der Waals surface area contributed by atoms with Gasteiger partial charge in [-0.3, -0.25) is 0 Å². The van der Waals surface area contributed by atoms with Crippen LogP contribution in [0.2, 0.25) is 0 Å². The molecule has 2 aromatic heterocycles. The van der Waals surface area contributed by atoms with E-state index in [1.54, 1.807) is 0 Å². The monoisotopic (exact) mass is 543 g/mol. The van der Waals surface area contributed by atoms with Gasteiger partial charge in [-0.25, -0.2) is 0 Å². The fourth-order valence-electron chi connectivity index (χ4n) is 5.77. The summed E-state index contributed by atoms with van der Waals surface area (Å²) in [6.45, 7) is 0. The molecule has 0 saturated carbocycles. The van der Waals surface area contributed by atoms with Crippen LogP contribution in [-0.4, -0.2) is 0 Å². The van der Waals surface area contributed by atoms with Gasteiger partial charge in [-0.05, 0) is 88.0 Å². The Balaban J connectivity index is 1.38. The fourth-order valence-corrected chi connectivity index (χ4v) is 7.94. The molecule has 8 aromatic rings. The van der Waals surface area contributed by atoms with Gasteiger partial charge in [-0.1, -0.05) is 72.8 Å². The quantitative estimate of drug-likeness (QED) is 0.217. The molecule has 0 unspecified atom stereocenters. The van der Waals surface area contributed by atoms with E-state index in [-0.39, 0.29) is 0 Å². The summed E-state index contributed by atoms with van der Waals surface area (Å²) in [6, 6.07) is 47.9. The lowest BCUT2D eigenvalue weighted by molar-refractivity contribution is 1.48. The summed E-state index contributed by atoms with van der Waals surface area (Å²) in [5.74, 6) is 0. The van der Waals surface area contributed by atoms with Crippen molar-refractivity contribution < 1.29 is 0 Å². The van der Waals surface area contributed by atoms with Gasteiger partial charge >= 0.3 is 0 Å². The number of nitrogens with zero attached hydrogens (tertiary/aromatic N) is 1. The van der Waals surface area contributed by atoms with E-state index in [4.69, 9.17) is 0 Å². The number of hydrogen-bond donors (Lipinski definition) is 0. The molecule has 0 spiro atoms. The molecular formula is C37H21NS2. The molecule has 40 heavy (non-hydrogen) atoms. The molecule has 0 amide bonds. The van der Waals surface area contributed by atoms with E-state index in [2.05, 4.69) is 115 Å². The van der Waals surface area contributed by atoms with Crippen molar-refractivity contribution in [2.24, 2.45) is 0 Å². The Morgan fingerprint density at radius 1 is 0.400 bits per heavy atom. The van der Waals surface area contributed by atoms with Crippen molar-refractivity contribution in [1.82, 2.24) is 0 Å². The number of benzene rings is 6. The van der Waals surface area contributed by atoms with Crippen molar-refractivity contribution in [3.8, 4) is 39.4 Å². The fraction of sp³-hybridized carbons (Fsp3) is 0. The van der Waals surface area contributed by atoms with Crippen LogP contribution in [0.15, 0.2) is 127 Å². The summed E-state index contributed by atoms with van der Waals surface area (Å²) < 4.78 is 5.24. The van der Waals surface area contributed by atoms with Crippen molar-refractivity contribution in [1.29, 1.82) is 5.26 Å². The molecule has 1 nitrogen and oxygen atoms in total. The third-order valence-corrected chi connectivity index (χ3v) is 10.0. The predicted molar refractivity (Wildman–Crippen MR) is 173 cm³/mol. The van der Waals surface area contributed by atoms with Crippen LogP contribution >= 0.6 is 22.7 Å². The van der Waals surface area contributed by atoms with Crippen LogP contribution in [-0.2, 0) is 0 Å². The molecule has 0 aliphatic rings. The SMILES string of the molecule is N#Cc1cccc(-c2ccc(-c3ccc4sc5ccccc5c4c3)c(-c3ccc4sc5ccccc5c4c3)c2)c1. The van der Waals surface area contributed by atoms with Crippen molar-refractivity contribution in [3.05, 3.63) is 133 Å². The van der Waals surface area contributed by atoms with Crippen molar-refractivity contribution in [3.63, 3.8) is 0 Å². The van der Waals surface area contributed by atoms with Gasteiger partial charge in [0.2, 0.25) is 0 Å². The van der Waals surface area contributed by atoms with E-state index in [0.29, 0.717) is 5.56 Å². The van der Waals surface area contributed by atoms with Gasteiger partial charge in [0.05, 0.1) is 11.6 Å². The van der Waals surface area contributed by atoms with E-state index < -0.39 is 0 Å². The first kappa shape index (κ1) is 23.2. The molecule has 0 aliphatic carbocycles. The number of rotatable bonds is 3. The second kappa shape index (κ2) is 9.17. The smallest absolute Gasteiger partial charge is 0.0991 e.